The van der Waals surface area contributed by atoms with Crippen molar-refractivity contribution in [2.75, 3.05) is 13.7 Å². The molecule has 0 aliphatic carbocycles. The lowest BCUT2D eigenvalue weighted by Gasteiger charge is -2.09. The van der Waals surface area contributed by atoms with Gasteiger partial charge in [-0.05, 0) is 26.2 Å². The van der Waals surface area contributed by atoms with Crippen LogP contribution in [0.1, 0.15) is 26.2 Å². The summed E-state index contributed by atoms with van der Waals surface area (Å²) >= 11 is 0. The maximum atomic E-state index is 5.79. The van der Waals surface area contributed by atoms with Crippen LogP contribution in [-0.4, -0.2) is 19.8 Å². The van der Waals surface area contributed by atoms with Crippen LogP contribution in [0.3, 0.4) is 0 Å². The maximum absolute atomic E-state index is 5.79. The molecule has 0 aliphatic rings. The molecule has 1 unspecified atom stereocenters. The van der Waals surface area contributed by atoms with Crippen molar-refractivity contribution in [2.24, 2.45) is 5.73 Å². The fraction of sp³-hybridized carbons (Fsp3) is 0.778. The van der Waals surface area contributed by atoms with E-state index in [9.17, 15) is 0 Å². The summed E-state index contributed by atoms with van der Waals surface area (Å²) in [5.74, 6) is 0. The summed E-state index contributed by atoms with van der Waals surface area (Å²) in [5.41, 5.74) is 6.99. The van der Waals surface area contributed by atoms with E-state index in [1.54, 1.807) is 7.11 Å². The summed E-state index contributed by atoms with van der Waals surface area (Å²) in [5, 5.41) is 0. The number of methoxy groups -OCH3 is 1. The van der Waals surface area contributed by atoms with Gasteiger partial charge in [-0.1, -0.05) is 5.57 Å². The lowest BCUT2D eigenvalue weighted by atomic mass is 10.1. The molecule has 0 saturated carbocycles. The molecule has 0 aromatic heterocycles. The van der Waals surface area contributed by atoms with Crippen molar-refractivity contribution in [3.63, 3.8) is 0 Å². The Morgan fingerprint density at radius 1 is 1.55 bits per heavy atom. The fourth-order valence-electron chi connectivity index (χ4n) is 0.845. The largest absolute Gasteiger partial charge is 0.385 e. The van der Waals surface area contributed by atoms with Crippen molar-refractivity contribution < 1.29 is 4.74 Å². The SMILES string of the molecule is C=C(C)CCC(N)CCOC. The zero-order valence-corrected chi connectivity index (χ0v) is 7.60. The highest BCUT2D eigenvalue weighted by Crippen LogP contribution is 2.05. The van der Waals surface area contributed by atoms with Crippen molar-refractivity contribution in [3.05, 3.63) is 12.2 Å². The molecular formula is C9H19NO. The standard InChI is InChI=1S/C9H19NO/c1-8(2)4-5-9(10)6-7-11-3/h9H,1,4-7,10H2,2-3H3. The van der Waals surface area contributed by atoms with Gasteiger partial charge in [0.1, 0.15) is 0 Å². The molecule has 0 bridgehead atoms. The molecule has 0 spiro atoms. The van der Waals surface area contributed by atoms with Crippen LogP contribution in [0.2, 0.25) is 0 Å². The molecule has 0 aromatic rings. The summed E-state index contributed by atoms with van der Waals surface area (Å²) in [7, 11) is 1.70. The highest BCUT2D eigenvalue weighted by molar-refractivity contribution is 4.88. The van der Waals surface area contributed by atoms with Crippen molar-refractivity contribution in [1.82, 2.24) is 0 Å². The summed E-state index contributed by atoms with van der Waals surface area (Å²) in [4.78, 5) is 0. The summed E-state index contributed by atoms with van der Waals surface area (Å²) in [6.45, 7) is 6.61. The Morgan fingerprint density at radius 2 is 2.18 bits per heavy atom. The van der Waals surface area contributed by atoms with E-state index in [4.69, 9.17) is 10.5 Å². The van der Waals surface area contributed by atoms with Gasteiger partial charge in [0.05, 0.1) is 0 Å². The Labute approximate surface area is 69.4 Å². The van der Waals surface area contributed by atoms with Gasteiger partial charge in [0.15, 0.2) is 0 Å². The van der Waals surface area contributed by atoms with E-state index in [0.29, 0.717) is 0 Å². The van der Waals surface area contributed by atoms with Crippen LogP contribution in [0.25, 0.3) is 0 Å². The molecule has 0 aliphatic heterocycles. The van der Waals surface area contributed by atoms with Gasteiger partial charge in [0.25, 0.3) is 0 Å². The lowest BCUT2D eigenvalue weighted by molar-refractivity contribution is 0.187. The van der Waals surface area contributed by atoms with Crippen LogP contribution < -0.4 is 5.73 Å². The molecule has 2 nitrogen and oxygen atoms in total. The first-order valence-electron chi connectivity index (χ1n) is 4.05. The van der Waals surface area contributed by atoms with Crippen molar-refractivity contribution in [2.45, 2.75) is 32.2 Å². The third-order valence-electron chi connectivity index (χ3n) is 1.63. The van der Waals surface area contributed by atoms with Crippen LogP contribution in [0.4, 0.5) is 0 Å². The van der Waals surface area contributed by atoms with Crippen LogP contribution >= 0.6 is 0 Å². The zero-order chi connectivity index (χ0) is 8.69. The third-order valence-corrected chi connectivity index (χ3v) is 1.63. The van der Waals surface area contributed by atoms with Gasteiger partial charge in [-0.15, -0.1) is 6.58 Å². The maximum Gasteiger partial charge on any atom is 0.0477 e. The first-order valence-corrected chi connectivity index (χ1v) is 4.05. The normalized spacial score (nSPS) is 13.0. The second-order valence-corrected chi connectivity index (χ2v) is 3.04. The molecule has 2 N–H and O–H groups in total. The van der Waals surface area contributed by atoms with Crippen LogP contribution in [0, 0.1) is 0 Å². The Bertz CT molecular complexity index is 112. The van der Waals surface area contributed by atoms with Gasteiger partial charge in [-0.3, -0.25) is 0 Å². The molecule has 11 heavy (non-hydrogen) atoms. The third kappa shape index (κ3) is 7.56. The van der Waals surface area contributed by atoms with Gasteiger partial charge in [-0.2, -0.15) is 0 Å². The monoisotopic (exact) mass is 157 g/mol. The molecule has 0 fully saturated rings. The van der Waals surface area contributed by atoms with E-state index in [1.807, 2.05) is 6.92 Å². The molecule has 0 rings (SSSR count). The molecule has 0 saturated heterocycles. The second kappa shape index (κ2) is 6.38. The van der Waals surface area contributed by atoms with Gasteiger partial charge in [0, 0.05) is 19.8 Å². The van der Waals surface area contributed by atoms with Crippen molar-refractivity contribution in [1.29, 1.82) is 0 Å². The van der Waals surface area contributed by atoms with E-state index in [2.05, 4.69) is 6.58 Å². The van der Waals surface area contributed by atoms with Crippen LogP contribution in [-0.2, 0) is 4.74 Å². The van der Waals surface area contributed by atoms with E-state index in [1.165, 1.54) is 5.57 Å². The number of nitrogens with two attached hydrogens (primary N) is 1. The predicted molar refractivity (Wildman–Crippen MR) is 48.5 cm³/mol. The highest BCUT2D eigenvalue weighted by atomic mass is 16.5. The number of hydrogen-bond acceptors (Lipinski definition) is 2. The molecule has 0 radical (unpaired) electrons. The van der Waals surface area contributed by atoms with E-state index < -0.39 is 0 Å². The minimum absolute atomic E-state index is 0.270. The Balaban J connectivity index is 3.22. The lowest BCUT2D eigenvalue weighted by Crippen LogP contribution is -2.21. The average molecular weight is 157 g/mol. The van der Waals surface area contributed by atoms with Crippen LogP contribution in [0.15, 0.2) is 12.2 Å². The van der Waals surface area contributed by atoms with Gasteiger partial charge < -0.3 is 10.5 Å². The van der Waals surface area contributed by atoms with Gasteiger partial charge in [0.2, 0.25) is 0 Å². The quantitative estimate of drug-likeness (QED) is 0.596. The second-order valence-electron chi connectivity index (χ2n) is 3.04. The Morgan fingerprint density at radius 3 is 2.64 bits per heavy atom. The predicted octanol–water partition coefficient (Wildman–Crippen LogP) is 1.71. The van der Waals surface area contributed by atoms with Crippen molar-refractivity contribution in [3.8, 4) is 0 Å². The number of allylic oxidation sites excluding steroid dienone is 1. The molecule has 0 aromatic carbocycles. The van der Waals surface area contributed by atoms with Gasteiger partial charge >= 0.3 is 0 Å². The first kappa shape index (κ1) is 10.7. The van der Waals surface area contributed by atoms with Crippen molar-refractivity contribution >= 4 is 0 Å². The first-order chi connectivity index (χ1) is 5.16. The Hall–Kier alpha value is -0.340. The molecule has 66 valence electrons. The zero-order valence-electron chi connectivity index (χ0n) is 7.60. The topological polar surface area (TPSA) is 35.2 Å². The number of ether oxygens (including phenoxy) is 1. The van der Waals surface area contributed by atoms with Crippen LogP contribution in [0.5, 0.6) is 0 Å². The minimum atomic E-state index is 0.270. The van der Waals surface area contributed by atoms with Gasteiger partial charge in [-0.25, -0.2) is 0 Å². The summed E-state index contributed by atoms with van der Waals surface area (Å²) < 4.78 is 4.92. The van der Waals surface area contributed by atoms with E-state index in [-0.39, 0.29) is 6.04 Å². The highest BCUT2D eigenvalue weighted by Gasteiger charge is 2.00. The smallest absolute Gasteiger partial charge is 0.0477 e. The average Bonchev–Trinajstić information content (AvgIpc) is 1.97. The van der Waals surface area contributed by atoms with E-state index in [0.717, 1.165) is 25.9 Å². The van der Waals surface area contributed by atoms with E-state index >= 15 is 0 Å². The molecular weight excluding hydrogens is 138 g/mol. The molecule has 2 heteroatoms. The minimum Gasteiger partial charge on any atom is -0.385 e. The molecule has 0 heterocycles. The molecule has 0 amide bonds. The Kier molecular flexibility index (Phi) is 6.18. The summed E-state index contributed by atoms with van der Waals surface area (Å²) in [6, 6.07) is 0.270. The molecule has 1 atom stereocenters. The fourth-order valence-corrected chi connectivity index (χ4v) is 0.845. The number of hydrogen-bond donors (Lipinski definition) is 1. The summed E-state index contributed by atoms with van der Waals surface area (Å²) in [6.07, 6.45) is 3.01. The number of rotatable bonds is 6.